The molecule has 0 saturated carbocycles. The van der Waals surface area contributed by atoms with E-state index >= 15 is 0 Å². The number of rotatable bonds is 10. The maximum Gasteiger partial charge on any atom is 0.251 e. The van der Waals surface area contributed by atoms with E-state index < -0.39 is 0 Å². The molecule has 152 valence electrons. The maximum atomic E-state index is 12.4. The molecule has 2 rings (SSSR count). The van der Waals surface area contributed by atoms with Gasteiger partial charge < -0.3 is 24.8 Å². The van der Waals surface area contributed by atoms with E-state index in [2.05, 4.69) is 16.6 Å². The number of terminal acetylenes is 1. The van der Waals surface area contributed by atoms with Gasteiger partial charge in [-0.05, 0) is 17.7 Å². The van der Waals surface area contributed by atoms with E-state index in [-0.39, 0.29) is 31.3 Å². The third-order valence-electron chi connectivity index (χ3n) is 3.97. The van der Waals surface area contributed by atoms with Crippen molar-refractivity contribution in [3.63, 3.8) is 0 Å². The molecule has 0 bridgehead atoms. The summed E-state index contributed by atoms with van der Waals surface area (Å²) in [5.41, 5.74) is 1.32. The first kappa shape index (κ1) is 21.6. The Balaban J connectivity index is 2.06. The molecule has 2 aromatic rings. The van der Waals surface area contributed by atoms with Gasteiger partial charge in [0.15, 0.2) is 11.5 Å². The van der Waals surface area contributed by atoms with Gasteiger partial charge in [-0.3, -0.25) is 9.59 Å². The second kappa shape index (κ2) is 11.2. The molecule has 0 unspecified atom stereocenters. The van der Waals surface area contributed by atoms with Crippen LogP contribution in [0.1, 0.15) is 22.3 Å². The molecule has 0 saturated heterocycles. The molecular weight excluding hydrogens is 372 g/mol. The summed E-state index contributed by atoms with van der Waals surface area (Å²) < 4.78 is 16.6. The lowest BCUT2D eigenvalue weighted by molar-refractivity contribution is -0.120. The third-order valence-corrected chi connectivity index (χ3v) is 3.97. The molecule has 0 heterocycles. The molecule has 0 aliphatic carbocycles. The van der Waals surface area contributed by atoms with Crippen molar-refractivity contribution in [2.75, 3.05) is 27.3 Å². The van der Waals surface area contributed by atoms with Crippen molar-refractivity contribution < 1.29 is 23.8 Å². The molecule has 0 aliphatic rings. The highest BCUT2D eigenvalue weighted by Crippen LogP contribution is 2.39. The number of ether oxygens (including phenoxy) is 3. The van der Waals surface area contributed by atoms with Crippen LogP contribution >= 0.6 is 0 Å². The molecule has 7 nitrogen and oxygen atoms in total. The number of amides is 2. The second-order valence-electron chi connectivity index (χ2n) is 5.97. The van der Waals surface area contributed by atoms with Gasteiger partial charge in [-0.15, -0.1) is 6.42 Å². The van der Waals surface area contributed by atoms with Crippen LogP contribution in [0, 0.1) is 12.3 Å². The van der Waals surface area contributed by atoms with E-state index in [1.54, 1.807) is 12.1 Å². The highest BCUT2D eigenvalue weighted by Gasteiger charge is 2.18. The van der Waals surface area contributed by atoms with Crippen molar-refractivity contribution in [2.45, 2.75) is 13.0 Å². The average molecular weight is 396 g/mol. The van der Waals surface area contributed by atoms with Crippen LogP contribution in [-0.4, -0.2) is 39.1 Å². The van der Waals surface area contributed by atoms with Gasteiger partial charge >= 0.3 is 0 Å². The molecule has 0 radical (unpaired) electrons. The molecule has 29 heavy (non-hydrogen) atoms. The van der Waals surface area contributed by atoms with Crippen LogP contribution < -0.4 is 24.8 Å². The van der Waals surface area contributed by atoms with Crippen molar-refractivity contribution in [1.82, 2.24) is 10.6 Å². The van der Waals surface area contributed by atoms with Crippen LogP contribution in [0.25, 0.3) is 0 Å². The Morgan fingerprint density at radius 3 is 2.28 bits per heavy atom. The fraction of sp³-hybridized carbons (Fsp3) is 0.273. The first-order valence-corrected chi connectivity index (χ1v) is 9.00. The Morgan fingerprint density at radius 2 is 1.69 bits per heavy atom. The maximum absolute atomic E-state index is 12.4. The Morgan fingerprint density at radius 1 is 1.03 bits per heavy atom. The zero-order chi connectivity index (χ0) is 21.1. The van der Waals surface area contributed by atoms with Crippen molar-refractivity contribution in [1.29, 1.82) is 0 Å². The molecule has 2 N–H and O–H groups in total. The van der Waals surface area contributed by atoms with Crippen LogP contribution in [0.15, 0.2) is 42.5 Å². The summed E-state index contributed by atoms with van der Waals surface area (Å²) in [5, 5.41) is 5.22. The molecule has 7 heteroatoms. The fourth-order valence-electron chi connectivity index (χ4n) is 2.51. The molecule has 2 amide bonds. The molecule has 0 spiro atoms. The SMILES string of the molecule is C#CCNC(=O)CCNC(=O)c1cc(OC)c(OCc2ccccc2)c(OC)c1. The van der Waals surface area contributed by atoms with E-state index in [1.807, 2.05) is 30.3 Å². The van der Waals surface area contributed by atoms with Crippen LogP contribution in [-0.2, 0) is 11.4 Å². The molecule has 0 aromatic heterocycles. The minimum absolute atomic E-state index is 0.125. The predicted molar refractivity (Wildman–Crippen MR) is 109 cm³/mol. The molecular formula is C22H24N2O5. The Kier molecular flexibility index (Phi) is 8.39. The minimum Gasteiger partial charge on any atom is -0.493 e. The van der Waals surface area contributed by atoms with Crippen LogP contribution in [0.3, 0.4) is 0 Å². The number of carbonyl (C=O) groups excluding carboxylic acids is 2. The normalized spacial score (nSPS) is 9.83. The lowest BCUT2D eigenvalue weighted by atomic mass is 10.1. The minimum atomic E-state index is -0.360. The Bertz CT molecular complexity index is 850. The molecule has 2 aromatic carbocycles. The van der Waals surface area contributed by atoms with Gasteiger partial charge in [0.1, 0.15) is 6.61 Å². The van der Waals surface area contributed by atoms with Gasteiger partial charge in [-0.2, -0.15) is 0 Å². The van der Waals surface area contributed by atoms with E-state index in [0.29, 0.717) is 29.4 Å². The predicted octanol–water partition coefficient (Wildman–Crippen LogP) is 2.15. The number of hydrogen-bond donors (Lipinski definition) is 2. The Labute approximate surface area is 170 Å². The van der Waals surface area contributed by atoms with Gasteiger partial charge in [0.2, 0.25) is 11.7 Å². The molecule has 0 atom stereocenters. The summed E-state index contributed by atoms with van der Waals surface area (Å²) in [6, 6.07) is 12.8. The zero-order valence-electron chi connectivity index (χ0n) is 16.5. The molecule has 0 aliphatic heterocycles. The lowest BCUT2D eigenvalue weighted by Crippen LogP contribution is -2.30. The monoisotopic (exact) mass is 396 g/mol. The average Bonchev–Trinajstić information content (AvgIpc) is 2.76. The first-order chi connectivity index (χ1) is 14.1. The van der Waals surface area contributed by atoms with E-state index in [4.69, 9.17) is 20.6 Å². The van der Waals surface area contributed by atoms with E-state index in [9.17, 15) is 9.59 Å². The van der Waals surface area contributed by atoms with Gasteiger partial charge in [-0.1, -0.05) is 36.3 Å². The number of hydrogen-bond acceptors (Lipinski definition) is 5. The van der Waals surface area contributed by atoms with Gasteiger partial charge in [0.25, 0.3) is 5.91 Å². The van der Waals surface area contributed by atoms with Crippen molar-refractivity contribution in [3.05, 3.63) is 53.6 Å². The van der Waals surface area contributed by atoms with Gasteiger partial charge in [0, 0.05) is 18.5 Å². The summed E-state index contributed by atoms with van der Waals surface area (Å²) in [6.07, 6.45) is 5.21. The van der Waals surface area contributed by atoms with E-state index in [0.717, 1.165) is 5.56 Å². The largest absolute Gasteiger partial charge is 0.493 e. The summed E-state index contributed by atoms with van der Waals surface area (Å²) in [4.78, 5) is 24.0. The summed E-state index contributed by atoms with van der Waals surface area (Å²) >= 11 is 0. The zero-order valence-corrected chi connectivity index (χ0v) is 16.5. The molecule has 0 fully saturated rings. The quantitative estimate of drug-likeness (QED) is 0.601. The van der Waals surface area contributed by atoms with Crippen molar-refractivity contribution in [3.8, 4) is 29.6 Å². The van der Waals surface area contributed by atoms with E-state index in [1.165, 1.54) is 14.2 Å². The fourth-order valence-corrected chi connectivity index (χ4v) is 2.51. The standard InChI is InChI=1S/C22H24N2O5/c1-4-11-23-20(25)10-12-24-22(26)17-13-18(27-2)21(19(14-17)28-3)29-15-16-8-6-5-7-9-16/h1,5-9,13-14H,10-12,15H2,2-3H3,(H,23,25)(H,24,26). The Hall–Kier alpha value is -3.66. The van der Waals surface area contributed by atoms with Crippen LogP contribution in [0.5, 0.6) is 17.2 Å². The number of benzene rings is 2. The van der Waals surface area contributed by atoms with Gasteiger partial charge in [-0.25, -0.2) is 0 Å². The second-order valence-corrected chi connectivity index (χ2v) is 5.97. The smallest absolute Gasteiger partial charge is 0.251 e. The highest BCUT2D eigenvalue weighted by atomic mass is 16.5. The number of nitrogens with one attached hydrogen (secondary N) is 2. The van der Waals surface area contributed by atoms with Gasteiger partial charge in [0.05, 0.1) is 20.8 Å². The third kappa shape index (κ3) is 6.47. The van der Waals surface area contributed by atoms with Crippen molar-refractivity contribution in [2.24, 2.45) is 0 Å². The topological polar surface area (TPSA) is 85.9 Å². The summed E-state index contributed by atoms with van der Waals surface area (Å²) in [6.45, 7) is 0.656. The van der Waals surface area contributed by atoms with Crippen LogP contribution in [0.2, 0.25) is 0 Å². The number of methoxy groups -OCH3 is 2. The number of carbonyl (C=O) groups is 2. The lowest BCUT2D eigenvalue weighted by Gasteiger charge is -2.16. The van der Waals surface area contributed by atoms with Crippen molar-refractivity contribution >= 4 is 11.8 Å². The summed E-state index contributed by atoms with van der Waals surface area (Å²) in [7, 11) is 2.98. The van der Waals surface area contributed by atoms with Crippen LogP contribution in [0.4, 0.5) is 0 Å². The highest BCUT2D eigenvalue weighted by molar-refractivity contribution is 5.95. The first-order valence-electron chi connectivity index (χ1n) is 9.00. The summed E-state index contributed by atoms with van der Waals surface area (Å²) in [5.74, 6) is 2.87.